The summed E-state index contributed by atoms with van der Waals surface area (Å²) in [6.45, 7) is 0.690. The Morgan fingerprint density at radius 2 is 1.79 bits per heavy atom. The minimum Gasteiger partial charge on any atom is -0.359 e. The smallest absolute Gasteiger partial charge is 0.147 e. The second-order valence-corrected chi connectivity index (χ2v) is 7.20. The third kappa shape index (κ3) is 3.29. The number of halogens is 2. The number of aromatic amines is 1. The second-order valence-electron chi connectivity index (χ2n) is 7.20. The molecule has 0 aliphatic rings. The van der Waals surface area contributed by atoms with Crippen molar-refractivity contribution >= 4 is 21.9 Å². The van der Waals surface area contributed by atoms with Crippen LogP contribution in [-0.2, 0) is 19.4 Å². The molecule has 2 heterocycles. The Hall–Kier alpha value is -3.47. The first-order chi connectivity index (χ1) is 14.2. The van der Waals surface area contributed by atoms with Gasteiger partial charge in [-0.2, -0.15) is 0 Å². The van der Waals surface area contributed by atoms with E-state index in [1.165, 1.54) is 23.8 Å². The summed E-state index contributed by atoms with van der Waals surface area (Å²) in [5, 5.41) is 0.845. The quantitative estimate of drug-likeness (QED) is 0.417. The van der Waals surface area contributed by atoms with Gasteiger partial charge in [0, 0.05) is 24.5 Å². The fraction of sp³-hybridized carbons (Fsp3) is 0.125. The number of nitrogens with one attached hydrogen (secondary N) is 1. The lowest BCUT2D eigenvalue weighted by Gasteiger charge is -2.10. The predicted octanol–water partition coefficient (Wildman–Crippen LogP) is 5.63. The molecule has 0 aliphatic carbocycles. The highest BCUT2D eigenvalue weighted by molar-refractivity contribution is 5.84. The van der Waals surface area contributed by atoms with Crippen LogP contribution < -0.4 is 0 Å². The van der Waals surface area contributed by atoms with Crippen LogP contribution in [-0.4, -0.2) is 14.5 Å². The van der Waals surface area contributed by atoms with Gasteiger partial charge in [-0.25, -0.2) is 13.8 Å². The molecule has 0 atom stereocenters. The Morgan fingerprint density at radius 3 is 2.66 bits per heavy atom. The molecule has 5 aromatic rings. The van der Waals surface area contributed by atoms with Crippen LogP contribution in [0.1, 0.15) is 17.0 Å². The Bertz CT molecular complexity index is 1300. The molecule has 0 radical (unpaired) electrons. The molecular weight excluding hydrogens is 368 g/mol. The van der Waals surface area contributed by atoms with Gasteiger partial charge in [-0.3, -0.25) is 0 Å². The zero-order valence-corrected chi connectivity index (χ0v) is 15.7. The van der Waals surface area contributed by atoms with Crippen molar-refractivity contribution in [1.82, 2.24) is 14.5 Å². The van der Waals surface area contributed by atoms with E-state index in [1.807, 2.05) is 30.5 Å². The highest BCUT2D eigenvalue weighted by Crippen LogP contribution is 2.25. The van der Waals surface area contributed by atoms with Crippen molar-refractivity contribution in [1.29, 1.82) is 0 Å². The normalized spacial score (nSPS) is 11.5. The Morgan fingerprint density at radius 1 is 0.931 bits per heavy atom. The maximum Gasteiger partial charge on any atom is 0.147 e. The first-order valence-corrected chi connectivity index (χ1v) is 9.62. The molecular formula is C24H19F2N3. The summed E-state index contributed by atoms with van der Waals surface area (Å²) >= 11 is 0. The summed E-state index contributed by atoms with van der Waals surface area (Å²) in [5.41, 5.74) is 4.23. The van der Waals surface area contributed by atoms with Crippen LogP contribution in [0.3, 0.4) is 0 Å². The largest absolute Gasteiger partial charge is 0.359 e. The third-order valence-corrected chi connectivity index (χ3v) is 5.36. The van der Waals surface area contributed by atoms with Crippen LogP contribution >= 0.6 is 0 Å². The first kappa shape index (κ1) is 17.6. The summed E-state index contributed by atoms with van der Waals surface area (Å²) < 4.78 is 30.0. The van der Waals surface area contributed by atoms with E-state index in [2.05, 4.69) is 21.7 Å². The molecule has 0 aliphatic heterocycles. The molecule has 5 heteroatoms. The Balaban J connectivity index is 1.56. The van der Waals surface area contributed by atoms with E-state index >= 15 is 0 Å². The molecule has 144 valence electrons. The monoisotopic (exact) mass is 387 g/mol. The minimum absolute atomic E-state index is 0.270. The minimum atomic E-state index is -0.279. The lowest BCUT2D eigenvalue weighted by molar-refractivity contribution is 0.626. The van der Waals surface area contributed by atoms with Crippen molar-refractivity contribution in [3.05, 3.63) is 102 Å². The van der Waals surface area contributed by atoms with E-state index in [1.54, 1.807) is 12.1 Å². The summed E-state index contributed by atoms with van der Waals surface area (Å²) in [6.07, 6.45) is 3.18. The van der Waals surface area contributed by atoms with Gasteiger partial charge in [0.15, 0.2) is 0 Å². The summed E-state index contributed by atoms with van der Waals surface area (Å²) in [4.78, 5) is 7.78. The summed E-state index contributed by atoms with van der Waals surface area (Å²) in [7, 11) is 0. The lowest BCUT2D eigenvalue weighted by atomic mass is 10.1. The van der Waals surface area contributed by atoms with E-state index in [4.69, 9.17) is 4.98 Å². The third-order valence-electron chi connectivity index (χ3n) is 5.36. The van der Waals surface area contributed by atoms with Gasteiger partial charge in [0.05, 0.1) is 16.6 Å². The number of nitrogens with zero attached hydrogens (tertiary/aromatic N) is 2. The molecule has 2 aromatic heterocycles. The zero-order valence-electron chi connectivity index (χ0n) is 15.7. The number of fused-ring (bicyclic) bond motifs is 2. The van der Waals surface area contributed by atoms with Gasteiger partial charge >= 0.3 is 0 Å². The molecule has 0 bridgehead atoms. The molecule has 3 aromatic carbocycles. The molecule has 0 saturated heterocycles. The van der Waals surface area contributed by atoms with Gasteiger partial charge in [-0.05, 0) is 41.8 Å². The number of imidazole rings is 1. The van der Waals surface area contributed by atoms with E-state index in [9.17, 15) is 8.78 Å². The van der Waals surface area contributed by atoms with Crippen molar-refractivity contribution in [2.24, 2.45) is 0 Å². The summed E-state index contributed by atoms with van der Waals surface area (Å²) in [6, 6.07) is 19.9. The number of rotatable bonds is 5. The van der Waals surface area contributed by atoms with E-state index in [0.717, 1.165) is 34.2 Å². The van der Waals surface area contributed by atoms with Gasteiger partial charge in [0.1, 0.15) is 17.5 Å². The molecule has 0 unspecified atom stereocenters. The molecule has 0 fully saturated rings. The maximum atomic E-state index is 14.0. The van der Waals surface area contributed by atoms with Crippen molar-refractivity contribution in [2.75, 3.05) is 0 Å². The maximum absolute atomic E-state index is 14.0. The molecule has 0 spiro atoms. The van der Waals surface area contributed by atoms with Crippen molar-refractivity contribution in [3.8, 4) is 0 Å². The predicted molar refractivity (Wildman–Crippen MR) is 111 cm³/mol. The molecule has 3 nitrogen and oxygen atoms in total. The average molecular weight is 387 g/mol. The standard InChI is InChI=1S/C24H19F2N3/c25-18-9-10-21-22(14-18)29(12-11-16-5-2-1-3-6-16)23(28-21)13-17-15-27-24-19(17)7-4-8-20(24)26/h1-10,14-15,27H,11-13H2. The first-order valence-electron chi connectivity index (χ1n) is 9.62. The fourth-order valence-corrected chi connectivity index (χ4v) is 3.91. The van der Waals surface area contributed by atoms with Crippen molar-refractivity contribution in [3.63, 3.8) is 0 Å². The van der Waals surface area contributed by atoms with Crippen LogP contribution in [0.5, 0.6) is 0 Å². The van der Waals surface area contributed by atoms with Gasteiger partial charge in [0.25, 0.3) is 0 Å². The number of hydrogen-bond donors (Lipinski definition) is 1. The topological polar surface area (TPSA) is 33.6 Å². The number of aromatic nitrogens is 3. The number of hydrogen-bond acceptors (Lipinski definition) is 1. The molecule has 0 amide bonds. The molecule has 5 rings (SSSR count). The van der Waals surface area contributed by atoms with E-state index < -0.39 is 0 Å². The average Bonchev–Trinajstić information content (AvgIpc) is 3.29. The van der Waals surface area contributed by atoms with Crippen LogP contribution in [0.15, 0.2) is 72.9 Å². The lowest BCUT2D eigenvalue weighted by Crippen LogP contribution is -2.07. The SMILES string of the molecule is Fc1ccc2nc(Cc3c[nH]c4c(F)cccc34)n(CCc3ccccc3)c2c1. The second kappa shape index (κ2) is 7.17. The Kier molecular flexibility index (Phi) is 4.35. The van der Waals surface area contributed by atoms with Crippen molar-refractivity contribution in [2.45, 2.75) is 19.4 Å². The van der Waals surface area contributed by atoms with Crippen molar-refractivity contribution < 1.29 is 8.78 Å². The van der Waals surface area contributed by atoms with Gasteiger partial charge < -0.3 is 9.55 Å². The number of benzene rings is 3. The highest BCUT2D eigenvalue weighted by atomic mass is 19.1. The summed E-state index contributed by atoms with van der Waals surface area (Å²) in [5.74, 6) is 0.291. The number of H-pyrrole nitrogens is 1. The van der Waals surface area contributed by atoms with Gasteiger partial charge in [-0.15, -0.1) is 0 Å². The molecule has 0 saturated carbocycles. The van der Waals surface area contributed by atoms with E-state index in [0.29, 0.717) is 18.5 Å². The van der Waals surface area contributed by atoms with Gasteiger partial charge in [0.2, 0.25) is 0 Å². The zero-order chi connectivity index (χ0) is 19.8. The van der Waals surface area contributed by atoms with Crippen LogP contribution in [0.4, 0.5) is 8.78 Å². The number of aryl methyl sites for hydroxylation is 2. The number of para-hydroxylation sites is 1. The fourth-order valence-electron chi connectivity index (χ4n) is 3.91. The highest BCUT2D eigenvalue weighted by Gasteiger charge is 2.15. The van der Waals surface area contributed by atoms with Crippen LogP contribution in [0.25, 0.3) is 21.9 Å². The van der Waals surface area contributed by atoms with Crippen LogP contribution in [0.2, 0.25) is 0 Å². The molecule has 1 N–H and O–H groups in total. The Labute approximate surface area is 166 Å². The van der Waals surface area contributed by atoms with E-state index in [-0.39, 0.29) is 11.6 Å². The van der Waals surface area contributed by atoms with Crippen LogP contribution in [0, 0.1) is 11.6 Å². The van der Waals surface area contributed by atoms with Gasteiger partial charge in [-0.1, -0.05) is 42.5 Å². The molecule has 29 heavy (non-hydrogen) atoms.